The quantitative estimate of drug-likeness (QED) is 0.617. The summed E-state index contributed by atoms with van der Waals surface area (Å²) < 4.78 is 51.7. The Morgan fingerprint density at radius 2 is 1.61 bits per heavy atom. The molecule has 1 aromatic carbocycles. The van der Waals surface area contributed by atoms with E-state index in [0.717, 1.165) is 24.3 Å². The van der Waals surface area contributed by atoms with E-state index in [1.165, 1.54) is 12.1 Å². The summed E-state index contributed by atoms with van der Waals surface area (Å²) in [6.45, 7) is 0. The van der Waals surface area contributed by atoms with Crippen molar-refractivity contribution in [3.05, 3.63) is 58.3 Å². The van der Waals surface area contributed by atoms with Crippen LogP contribution in [0.2, 0.25) is 0 Å². The number of hydrogen-bond acceptors (Lipinski definition) is 1. The number of aromatic amines is 1. The Morgan fingerprint density at radius 3 is 2.22 bits per heavy atom. The second-order valence-corrected chi connectivity index (χ2v) is 3.59. The lowest BCUT2D eigenvalue weighted by molar-refractivity contribution is -0.137. The van der Waals surface area contributed by atoms with Gasteiger partial charge in [0.2, 0.25) is 11.5 Å². The minimum absolute atomic E-state index is 0.289. The molecule has 0 saturated carbocycles. The lowest BCUT2D eigenvalue weighted by atomic mass is 10.0. The standard InChI is InChI=1S/C12H7F4NO/c13-11-8(5-6-10(18)17-11)7-3-1-2-4-9(7)12(14,15)16/h1-6H,(H,17,18). The molecule has 0 saturated heterocycles. The predicted molar refractivity (Wildman–Crippen MR) is 57.5 cm³/mol. The fourth-order valence-corrected chi connectivity index (χ4v) is 1.62. The molecule has 0 spiro atoms. The van der Waals surface area contributed by atoms with E-state index in [4.69, 9.17) is 0 Å². The Balaban J connectivity index is 2.68. The molecule has 6 heteroatoms. The largest absolute Gasteiger partial charge is 0.417 e. The van der Waals surface area contributed by atoms with E-state index in [9.17, 15) is 22.4 Å². The second-order valence-electron chi connectivity index (χ2n) is 3.59. The molecule has 1 N–H and O–H groups in total. The van der Waals surface area contributed by atoms with Crippen LogP contribution >= 0.6 is 0 Å². The average molecular weight is 257 g/mol. The van der Waals surface area contributed by atoms with Crippen LogP contribution in [0.1, 0.15) is 5.56 Å². The second kappa shape index (κ2) is 4.29. The number of pyridine rings is 1. The van der Waals surface area contributed by atoms with E-state index in [0.29, 0.717) is 0 Å². The van der Waals surface area contributed by atoms with Crippen molar-refractivity contribution in [3.63, 3.8) is 0 Å². The lowest BCUT2D eigenvalue weighted by Crippen LogP contribution is -2.10. The van der Waals surface area contributed by atoms with Gasteiger partial charge < -0.3 is 0 Å². The van der Waals surface area contributed by atoms with Crippen LogP contribution in [0.4, 0.5) is 17.6 Å². The zero-order valence-electron chi connectivity index (χ0n) is 8.88. The average Bonchev–Trinajstić information content (AvgIpc) is 2.28. The number of halogens is 4. The number of rotatable bonds is 1. The SMILES string of the molecule is O=c1ccc(-c2ccccc2C(F)(F)F)c(F)[nH]1. The highest BCUT2D eigenvalue weighted by Gasteiger charge is 2.33. The van der Waals surface area contributed by atoms with Gasteiger partial charge in [-0.1, -0.05) is 18.2 Å². The molecule has 1 aromatic heterocycles. The molecule has 0 aliphatic heterocycles. The van der Waals surface area contributed by atoms with Crippen LogP contribution in [0.5, 0.6) is 0 Å². The van der Waals surface area contributed by atoms with Crippen molar-refractivity contribution < 1.29 is 17.6 Å². The Kier molecular flexibility index (Phi) is 2.94. The molecule has 94 valence electrons. The van der Waals surface area contributed by atoms with Crippen molar-refractivity contribution in [2.75, 3.05) is 0 Å². The van der Waals surface area contributed by atoms with E-state index in [1.54, 1.807) is 0 Å². The van der Waals surface area contributed by atoms with Gasteiger partial charge in [-0.3, -0.25) is 9.78 Å². The summed E-state index contributed by atoms with van der Waals surface area (Å²) in [5.74, 6) is -1.08. The summed E-state index contributed by atoms with van der Waals surface area (Å²) in [5.41, 5.74) is -2.25. The Labute approximate surface area is 98.9 Å². The minimum Gasteiger partial charge on any atom is -0.298 e. The maximum absolute atomic E-state index is 13.5. The molecule has 2 aromatic rings. The fourth-order valence-electron chi connectivity index (χ4n) is 1.62. The van der Waals surface area contributed by atoms with Gasteiger partial charge >= 0.3 is 6.18 Å². The van der Waals surface area contributed by atoms with Gasteiger partial charge in [0.1, 0.15) is 0 Å². The van der Waals surface area contributed by atoms with Gasteiger partial charge in [-0.25, -0.2) is 0 Å². The van der Waals surface area contributed by atoms with E-state index in [-0.39, 0.29) is 11.1 Å². The molecule has 0 radical (unpaired) electrons. The van der Waals surface area contributed by atoms with Gasteiger partial charge in [0.25, 0.3) is 0 Å². The summed E-state index contributed by atoms with van der Waals surface area (Å²) in [6.07, 6.45) is -4.58. The molecule has 0 atom stereocenters. The molecular weight excluding hydrogens is 250 g/mol. The number of hydrogen-bond donors (Lipinski definition) is 1. The van der Waals surface area contributed by atoms with Gasteiger partial charge in [-0.2, -0.15) is 17.6 Å². The highest BCUT2D eigenvalue weighted by molar-refractivity contribution is 5.67. The van der Waals surface area contributed by atoms with Crippen LogP contribution in [-0.4, -0.2) is 4.98 Å². The summed E-state index contributed by atoms with van der Waals surface area (Å²) in [6, 6.07) is 6.61. The van der Waals surface area contributed by atoms with Crippen LogP contribution in [0.3, 0.4) is 0 Å². The van der Waals surface area contributed by atoms with Crippen LogP contribution in [0, 0.1) is 5.95 Å². The van der Waals surface area contributed by atoms with Crippen LogP contribution in [-0.2, 0) is 6.18 Å². The summed E-state index contributed by atoms with van der Waals surface area (Å²) in [5, 5.41) is 0. The van der Waals surface area contributed by atoms with Crippen molar-refractivity contribution in [2.45, 2.75) is 6.18 Å². The Hall–Kier alpha value is -2.11. The first-order valence-electron chi connectivity index (χ1n) is 4.95. The normalized spacial score (nSPS) is 11.6. The third kappa shape index (κ3) is 2.27. The zero-order valence-corrected chi connectivity index (χ0v) is 8.88. The highest BCUT2D eigenvalue weighted by Crippen LogP contribution is 2.37. The topological polar surface area (TPSA) is 32.9 Å². The molecule has 0 amide bonds. The van der Waals surface area contributed by atoms with E-state index < -0.39 is 23.2 Å². The number of nitrogens with one attached hydrogen (secondary N) is 1. The Bertz CT molecular complexity index is 630. The van der Waals surface area contributed by atoms with E-state index in [1.807, 2.05) is 4.98 Å². The molecule has 0 aliphatic carbocycles. The van der Waals surface area contributed by atoms with Gasteiger partial charge in [-0.05, 0) is 17.7 Å². The first kappa shape index (κ1) is 12.3. The number of benzene rings is 1. The van der Waals surface area contributed by atoms with Crippen LogP contribution < -0.4 is 5.56 Å². The smallest absolute Gasteiger partial charge is 0.298 e. The molecule has 0 aliphatic rings. The maximum atomic E-state index is 13.5. The predicted octanol–water partition coefficient (Wildman–Crippen LogP) is 3.20. The van der Waals surface area contributed by atoms with Crippen molar-refractivity contribution in [1.82, 2.24) is 4.98 Å². The van der Waals surface area contributed by atoms with E-state index >= 15 is 0 Å². The molecule has 2 rings (SSSR count). The monoisotopic (exact) mass is 257 g/mol. The third-order valence-electron chi connectivity index (χ3n) is 2.39. The lowest BCUT2D eigenvalue weighted by Gasteiger charge is -2.12. The van der Waals surface area contributed by atoms with Crippen LogP contribution in [0.25, 0.3) is 11.1 Å². The number of H-pyrrole nitrogens is 1. The first-order valence-corrected chi connectivity index (χ1v) is 4.95. The number of alkyl halides is 3. The summed E-state index contributed by atoms with van der Waals surface area (Å²) in [7, 11) is 0. The van der Waals surface area contributed by atoms with Crippen molar-refractivity contribution in [2.24, 2.45) is 0 Å². The van der Waals surface area contributed by atoms with Crippen molar-refractivity contribution in [1.29, 1.82) is 0 Å². The zero-order chi connectivity index (χ0) is 13.3. The van der Waals surface area contributed by atoms with Crippen molar-refractivity contribution >= 4 is 0 Å². The molecule has 18 heavy (non-hydrogen) atoms. The molecule has 1 heterocycles. The molecular formula is C12H7F4NO. The molecule has 0 fully saturated rings. The molecule has 0 unspecified atom stereocenters. The van der Waals surface area contributed by atoms with E-state index in [2.05, 4.69) is 0 Å². The van der Waals surface area contributed by atoms with Crippen molar-refractivity contribution in [3.8, 4) is 11.1 Å². The minimum atomic E-state index is -4.58. The van der Waals surface area contributed by atoms with Gasteiger partial charge in [0.15, 0.2) is 0 Å². The Morgan fingerprint density at radius 1 is 0.944 bits per heavy atom. The third-order valence-corrected chi connectivity index (χ3v) is 2.39. The summed E-state index contributed by atoms with van der Waals surface area (Å²) in [4.78, 5) is 12.7. The fraction of sp³-hybridized carbons (Fsp3) is 0.0833. The van der Waals surface area contributed by atoms with Gasteiger partial charge in [-0.15, -0.1) is 0 Å². The van der Waals surface area contributed by atoms with Gasteiger partial charge in [0, 0.05) is 11.6 Å². The first-order chi connectivity index (χ1) is 8.39. The highest BCUT2D eigenvalue weighted by atomic mass is 19.4. The molecule has 2 nitrogen and oxygen atoms in total. The maximum Gasteiger partial charge on any atom is 0.417 e. The number of aromatic nitrogens is 1. The van der Waals surface area contributed by atoms with Crippen LogP contribution in [0.15, 0.2) is 41.2 Å². The van der Waals surface area contributed by atoms with Gasteiger partial charge in [0.05, 0.1) is 5.56 Å². The molecule has 0 bridgehead atoms. The summed E-state index contributed by atoms with van der Waals surface area (Å²) >= 11 is 0.